The number of rotatable bonds is 3. The molecule has 1 aromatic carbocycles. The molecule has 1 fully saturated rings. The Morgan fingerprint density at radius 1 is 1.04 bits per heavy atom. The number of hydrogen-bond acceptors (Lipinski definition) is 3. The van der Waals surface area contributed by atoms with E-state index >= 15 is 0 Å². The fraction of sp³-hybridized carbons (Fsp3) is 0.333. The molecular formula is C18H20ClN3O. The molecule has 1 aliphatic heterocycles. The van der Waals surface area contributed by atoms with E-state index in [0.717, 1.165) is 18.8 Å². The van der Waals surface area contributed by atoms with Crippen LogP contribution >= 0.6 is 11.6 Å². The molecule has 0 spiro atoms. The Hall–Kier alpha value is -2.07. The molecule has 1 aromatic heterocycles. The monoisotopic (exact) mass is 329 g/mol. The van der Waals surface area contributed by atoms with Crippen LogP contribution < -0.4 is 10.2 Å². The SMILES string of the molecule is O=C(Nc1ccc(N2CCCCCC2)cc1)c1ccnc(Cl)c1. The van der Waals surface area contributed by atoms with Gasteiger partial charge >= 0.3 is 0 Å². The molecule has 1 aliphatic rings. The maximum absolute atomic E-state index is 12.2. The summed E-state index contributed by atoms with van der Waals surface area (Å²) in [5, 5.41) is 3.20. The number of halogens is 1. The highest BCUT2D eigenvalue weighted by Crippen LogP contribution is 2.22. The number of nitrogens with one attached hydrogen (secondary N) is 1. The van der Waals surface area contributed by atoms with Crippen LogP contribution in [-0.2, 0) is 0 Å². The number of amides is 1. The van der Waals surface area contributed by atoms with E-state index in [1.165, 1.54) is 37.6 Å². The van der Waals surface area contributed by atoms with Gasteiger partial charge in [0.25, 0.3) is 5.91 Å². The molecule has 0 radical (unpaired) electrons. The minimum atomic E-state index is -0.183. The molecule has 0 bridgehead atoms. The molecule has 0 unspecified atom stereocenters. The summed E-state index contributed by atoms with van der Waals surface area (Å²) in [6.07, 6.45) is 6.67. The highest BCUT2D eigenvalue weighted by atomic mass is 35.5. The molecule has 120 valence electrons. The first-order valence-corrected chi connectivity index (χ1v) is 8.38. The third-order valence-electron chi connectivity index (χ3n) is 4.09. The van der Waals surface area contributed by atoms with Crippen LogP contribution in [0.15, 0.2) is 42.6 Å². The molecule has 3 rings (SSSR count). The van der Waals surface area contributed by atoms with Crippen LogP contribution in [0.2, 0.25) is 5.15 Å². The Bertz CT molecular complexity index is 664. The Balaban J connectivity index is 1.66. The van der Waals surface area contributed by atoms with E-state index in [-0.39, 0.29) is 5.91 Å². The highest BCUT2D eigenvalue weighted by Gasteiger charge is 2.11. The summed E-state index contributed by atoms with van der Waals surface area (Å²) in [5.74, 6) is -0.183. The molecule has 0 atom stereocenters. The summed E-state index contributed by atoms with van der Waals surface area (Å²) in [5.41, 5.74) is 2.50. The molecule has 0 saturated carbocycles. The van der Waals surface area contributed by atoms with Gasteiger partial charge in [0.2, 0.25) is 0 Å². The van der Waals surface area contributed by atoms with E-state index in [1.807, 2.05) is 12.1 Å². The van der Waals surface area contributed by atoms with Gasteiger partial charge in [-0.05, 0) is 49.2 Å². The van der Waals surface area contributed by atoms with Gasteiger partial charge in [-0.15, -0.1) is 0 Å². The first-order valence-electron chi connectivity index (χ1n) is 8.00. The number of aromatic nitrogens is 1. The normalized spacial score (nSPS) is 15.1. The van der Waals surface area contributed by atoms with Crippen molar-refractivity contribution in [1.29, 1.82) is 0 Å². The van der Waals surface area contributed by atoms with Gasteiger partial charge in [0.1, 0.15) is 5.15 Å². The van der Waals surface area contributed by atoms with Crippen molar-refractivity contribution < 1.29 is 4.79 Å². The van der Waals surface area contributed by atoms with E-state index in [4.69, 9.17) is 11.6 Å². The summed E-state index contributed by atoms with van der Waals surface area (Å²) in [6, 6.07) is 11.2. The minimum Gasteiger partial charge on any atom is -0.372 e. The average molecular weight is 330 g/mol. The second-order valence-electron chi connectivity index (χ2n) is 5.77. The number of pyridine rings is 1. The first-order chi connectivity index (χ1) is 11.2. The lowest BCUT2D eigenvalue weighted by Gasteiger charge is -2.22. The summed E-state index contributed by atoms with van der Waals surface area (Å²) < 4.78 is 0. The van der Waals surface area contributed by atoms with E-state index < -0.39 is 0 Å². The van der Waals surface area contributed by atoms with Gasteiger partial charge in [-0.2, -0.15) is 0 Å². The van der Waals surface area contributed by atoms with Crippen molar-refractivity contribution in [3.05, 3.63) is 53.3 Å². The molecule has 23 heavy (non-hydrogen) atoms. The van der Waals surface area contributed by atoms with Gasteiger partial charge in [0, 0.05) is 36.2 Å². The van der Waals surface area contributed by atoms with E-state index in [1.54, 1.807) is 12.1 Å². The molecule has 1 N–H and O–H groups in total. The second kappa shape index (κ2) is 7.47. The molecule has 4 nitrogen and oxygen atoms in total. The van der Waals surface area contributed by atoms with Crippen LogP contribution in [0.25, 0.3) is 0 Å². The Morgan fingerprint density at radius 3 is 2.39 bits per heavy atom. The van der Waals surface area contributed by atoms with E-state index in [0.29, 0.717) is 10.7 Å². The average Bonchev–Trinajstić information content (AvgIpc) is 2.85. The lowest BCUT2D eigenvalue weighted by Crippen LogP contribution is -2.23. The van der Waals surface area contributed by atoms with Gasteiger partial charge in [-0.25, -0.2) is 4.98 Å². The van der Waals surface area contributed by atoms with Crippen molar-refractivity contribution in [2.75, 3.05) is 23.3 Å². The van der Waals surface area contributed by atoms with E-state index in [2.05, 4.69) is 27.3 Å². The minimum absolute atomic E-state index is 0.183. The number of hydrogen-bond donors (Lipinski definition) is 1. The smallest absolute Gasteiger partial charge is 0.255 e. The number of nitrogens with zero attached hydrogens (tertiary/aromatic N) is 2. The van der Waals surface area contributed by atoms with Crippen molar-refractivity contribution in [3.8, 4) is 0 Å². The van der Waals surface area contributed by atoms with Gasteiger partial charge in [0.05, 0.1) is 0 Å². The Morgan fingerprint density at radius 2 is 1.74 bits per heavy atom. The Labute approximate surface area is 141 Å². The Kier molecular flexibility index (Phi) is 5.13. The van der Waals surface area contributed by atoms with Crippen molar-refractivity contribution in [1.82, 2.24) is 4.98 Å². The van der Waals surface area contributed by atoms with Crippen molar-refractivity contribution in [2.45, 2.75) is 25.7 Å². The van der Waals surface area contributed by atoms with Crippen LogP contribution in [0.1, 0.15) is 36.0 Å². The summed E-state index contributed by atoms with van der Waals surface area (Å²) in [6.45, 7) is 2.22. The molecular weight excluding hydrogens is 310 g/mol. The molecule has 1 saturated heterocycles. The maximum Gasteiger partial charge on any atom is 0.255 e. The van der Waals surface area contributed by atoms with Crippen LogP contribution in [-0.4, -0.2) is 24.0 Å². The molecule has 0 aliphatic carbocycles. The molecule has 1 amide bonds. The largest absolute Gasteiger partial charge is 0.372 e. The fourth-order valence-electron chi connectivity index (χ4n) is 2.83. The zero-order valence-corrected chi connectivity index (χ0v) is 13.7. The third-order valence-corrected chi connectivity index (χ3v) is 4.29. The summed E-state index contributed by atoms with van der Waals surface area (Å²) in [4.78, 5) is 18.5. The number of carbonyl (C=O) groups excluding carboxylic acids is 1. The van der Waals surface area contributed by atoms with Crippen LogP contribution in [0.4, 0.5) is 11.4 Å². The first kappa shape index (κ1) is 15.8. The summed E-state index contributed by atoms with van der Waals surface area (Å²) in [7, 11) is 0. The van der Waals surface area contributed by atoms with Gasteiger partial charge in [0.15, 0.2) is 0 Å². The van der Waals surface area contributed by atoms with Crippen LogP contribution in [0.5, 0.6) is 0 Å². The predicted octanol–water partition coefficient (Wildman–Crippen LogP) is 4.37. The standard InChI is InChI=1S/C18H20ClN3O/c19-17-13-14(9-10-20-17)18(23)21-15-5-7-16(8-6-15)22-11-3-1-2-4-12-22/h5-10,13H,1-4,11-12H2,(H,21,23). The predicted molar refractivity (Wildman–Crippen MR) is 94.3 cm³/mol. The fourth-order valence-corrected chi connectivity index (χ4v) is 3.01. The van der Waals surface area contributed by atoms with Gasteiger partial charge in [-0.3, -0.25) is 4.79 Å². The molecule has 2 heterocycles. The van der Waals surface area contributed by atoms with Crippen molar-refractivity contribution >= 4 is 28.9 Å². The quantitative estimate of drug-likeness (QED) is 0.850. The lowest BCUT2D eigenvalue weighted by molar-refractivity contribution is 0.102. The van der Waals surface area contributed by atoms with E-state index in [9.17, 15) is 4.79 Å². The zero-order chi connectivity index (χ0) is 16.1. The number of benzene rings is 1. The van der Waals surface area contributed by atoms with Crippen LogP contribution in [0, 0.1) is 0 Å². The second-order valence-corrected chi connectivity index (χ2v) is 6.16. The van der Waals surface area contributed by atoms with Crippen molar-refractivity contribution in [2.24, 2.45) is 0 Å². The van der Waals surface area contributed by atoms with Crippen LogP contribution in [0.3, 0.4) is 0 Å². The molecule has 5 heteroatoms. The number of anilines is 2. The number of carbonyl (C=O) groups is 1. The van der Waals surface area contributed by atoms with Gasteiger partial charge < -0.3 is 10.2 Å². The topological polar surface area (TPSA) is 45.2 Å². The lowest BCUT2D eigenvalue weighted by atomic mass is 10.2. The van der Waals surface area contributed by atoms with Crippen molar-refractivity contribution in [3.63, 3.8) is 0 Å². The zero-order valence-electron chi connectivity index (χ0n) is 13.0. The van der Waals surface area contributed by atoms with Gasteiger partial charge in [-0.1, -0.05) is 24.4 Å². The highest BCUT2D eigenvalue weighted by molar-refractivity contribution is 6.29. The third kappa shape index (κ3) is 4.23. The maximum atomic E-state index is 12.2. The molecule has 2 aromatic rings. The summed E-state index contributed by atoms with van der Waals surface area (Å²) >= 11 is 5.82.